The van der Waals surface area contributed by atoms with Crippen LogP contribution in [0.2, 0.25) is 5.02 Å². The molecule has 8 heteroatoms. The SMILES string of the molecule is O=C1NC(=O)C(=Cc2ccc(Sc3ccccc3Cl)o2)C(=O)N1. The lowest BCUT2D eigenvalue weighted by Crippen LogP contribution is -2.51. The minimum atomic E-state index is -0.841. The molecule has 0 saturated carbocycles. The molecule has 23 heavy (non-hydrogen) atoms. The fourth-order valence-corrected chi connectivity index (χ4v) is 2.91. The molecule has 1 aliphatic rings. The number of hydrogen-bond acceptors (Lipinski definition) is 5. The Hall–Kier alpha value is -2.51. The fourth-order valence-electron chi connectivity index (χ4n) is 1.85. The van der Waals surface area contributed by atoms with Gasteiger partial charge in [0.05, 0.1) is 5.02 Å². The molecule has 2 N–H and O–H groups in total. The van der Waals surface area contributed by atoms with Crippen LogP contribution in [0.15, 0.2) is 56.4 Å². The van der Waals surface area contributed by atoms with E-state index < -0.39 is 17.8 Å². The third kappa shape index (κ3) is 3.46. The lowest BCUT2D eigenvalue weighted by atomic mass is 10.1. The molecule has 0 spiro atoms. The number of carbonyl (C=O) groups excluding carboxylic acids is 3. The average molecular weight is 349 g/mol. The van der Waals surface area contributed by atoms with Crippen molar-refractivity contribution in [2.45, 2.75) is 9.99 Å². The molecule has 1 saturated heterocycles. The summed E-state index contributed by atoms with van der Waals surface area (Å²) < 4.78 is 5.55. The highest BCUT2D eigenvalue weighted by Crippen LogP contribution is 2.34. The van der Waals surface area contributed by atoms with E-state index in [1.165, 1.54) is 17.8 Å². The summed E-state index contributed by atoms with van der Waals surface area (Å²) in [5.74, 6) is -1.22. The Morgan fingerprint density at radius 3 is 2.39 bits per heavy atom. The topological polar surface area (TPSA) is 88.4 Å². The summed E-state index contributed by atoms with van der Waals surface area (Å²) in [6.45, 7) is 0. The summed E-state index contributed by atoms with van der Waals surface area (Å²) >= 11 is 7.39. The predicted molar refractivity (Wildman–Crippen MR) is 83.9 cm³/mol. The van der Waals surface area contributed by atoms with Crippen molar-refractivity contribution in [2.75, 3.05) is 0 Å². The van der Waals surface area contributed by atoms with Gasteiger partial charge in [-0.15, -0.1) is 0 Å². The summed E-state index contributed by atoms with van der Waals surface area (Å²) in [5, 5.41) is 5.13. The highest BCUT2D eigenvalue weighted by Gasteiger charge is 2.28. The van der Waals surface area contributed by atoms with Gasteiger partial charge in [-0.2, -0.15) is 0 Å². The normalized spacial score (nSPS) is 14.5. The van der Waals surface area contributed by atoms with E-state index >= 15 is 0 Å². The highest BCUT2D eigenvalue weighted by molar-refractivity contribution is 7.99. The van der Waals surface area contributed by atoms with E-state index in [1.54, 1.807) is 18.2 Å². The van der Waals surface area contributed by atoms with E-state index in [4.69, 9.17) is 16.0 Å². The van der Waals surface area contributed by atoms with Gasteiger partial charge in [0, 0.05) is 4.90 Å². The van der Waals surface area contributed by atoms with Gasteiger partial charge in [-0.05, 0) is 30.3 Å². The van der Waals surface area contributed by atoms with Gasteiger partial charge in [0.1, 0.15) is 11.3 Å². The number of carbonyl (C=O) groups is 3. The summed E-state index contributed by atoms with van der Waals surface area (Å²) in [7, 11) is 0. The molecule has 1 fully saturated rings. The number of amides is 4. The molecular weight excluding hydrogens is 340 g/mol. The number of halogens is 1. The molecule has 0 radical (unpaired) electrons. The molecule has 0 atom stereocenters. The van der Waals surface area contributed by atoms with E-state index in [1.807, 2.05) is 28.8 Å². The molecular formula is C15H9ClN2O4S. The van der Waals surface area contributed by atoms with Crippen molar-refractivity contribution in [3.63, 3.8) is 0 Å². The summed E-state index contributed by atoms with van der Waals surface area (Å²) in [5.41, 5.74) is -0.201. The summed E-state index contributed by atoms with van der Waals surface area (Å²) in [6.07, 6.45) is 1.27. The number of barbiturate groups is 1. The third-order valence-corrected chi connectivity index (χ3v) is 4.32. The van der Waals surface area contributed by atoms with Crippen molar-refractivity contribution in [3.8, 4) is 0 Å². The Labute approximate surface area is 139 Å². The Morgan fingerprint density at radius 1 is 1.00 bits per heavy atom. The molecule has 3 rings (SSSR count). The van der Waals surface area contributed by atoms with Gasteiger partial charge in [-0.3, -0.25) is 20.2 Å². The van der Waals surface area contributed by atoms with Crippen LogP contribution in [0.25, 0.3) is 6.08 Å². The molecule has 116 valence electrons. The van der Waals surface area contributed by atoms with E-state index in [9.17, 15) is 14.4 Å². The minimum absolute atomic E-state index is 0.201. The molecule has 0 aliphatic carbocycles. The molecule has 0 bridgehead atoms. The van der Waals surface area contributed by atoms with E-state index in [-0.39, 0.29) is 5.57 Å². The monoisotopic (exact) mass is 348 g/mol. The van der Waals surface area contributed by atoms with Gasteiger partial charge in [0.2, 0.25) is 0 Å². The van der Waals surface area contributed by atoms with Crippen molar-refractivity contribution in [1.29, 1.82) is 0 Å². The second-order valence-electron chi connectivity index (χ2n) is 4.48. The largest absolute Gasteiger partial charge is 0.450 e. The number of nitrogens with one attached hydrogen (secondary N) is 2. The lowest BCUT2D eigenvalue weighted by molar-refractivity contribution is -0.123. The van der Waals surface area contributed by atoms with E-state index in [2.05, 4.69) is 0 Å². The number of hydrogen-bond donors (Lipinski definition) is 2. The molecule has 2 heterocycles. The van der Waals surface area contributed by atoms with Crippen LogP contribution in [0, 0.1) is 0 Å². The Morgan fingerprint density at radius 2 is 1.70 bits per heavy atom. The summed E-state index contributed by atoms with van der Waals surface area (Å²) in [4.78, 5) is 35.1. The highest BCUT2D eigenvalue weighted by atomic mass is 35.5. The Kier molecular flexibility index (Phi) is 4.22. The molecule has 2 aromatic rings. The molecule has 1 aromatic heterocycles. The first kappa shape index (κ1) is 15.4. The van der Waals surface area contributed by atoms with Gasteiger partial charge < -0.3 is 4.42 Å². The maximum Gasteiger partial charge on any atom is 0.328 e. The van der Waals surface area contributed by atoms with Crippen LogP contribution >= 0.6 is 23.4 Å². The van der Waals surface area contributed by atoms with Crippen LogP contribution in [0.5, 0.6) is 0 Å². The maximum atomic E-state index is 11.6. The number of rotatable bonds is 3. The fraction of sp³-hybridized carbons (Fsp3) is 0. The van der Waals surface area contributed by atoms with Gasteiger partial charge >= 0.3 is 6.03 Å². The number of urea groups is 1. The molecule has 6 nitrogen and oxygen atoms in total. The first-order chi connectivity index (χ1) is 11.0. The Bertz CT molecular complexity index is 822. The van der Waals surface area contributed by atoms with Crippen LogP contribution in [-0.2, 0) is 9.59 Å². The van der Waals surface area contributed by atoms with Gasteiger partial charge in [-0.25, -0.2) is 4.79 Å². The smallest absolute Gasteiger partial charge is 0.328 e. The molecule has 4 amide bonds. The zero-order chi connectivity index (χ0) is 16.4. The minimum Gasteiger partial charge on any atom is -0.450 e. The Balaban J connectivity index is 1.81. The lowest BCUT2D eigenvalue weighted by Gasteiger charge is -2.13. The first-order valence-corrected chi connectivity index (χ1v) is 7.63. The van der Waals surface area contributed by atoms with Crippen molar-refractivity contribution < 1.29 is 18.8 Å². The quantitative estimate of drug-likeness (QED) is 0.657. The molecule has 1 aliphatic heterocycles. The van der Waals surface area contributed by atoms with Crippen LogP contribution in [-0.4, -0.2) is 17.8 Å². The first-order valence-electron chi connectivity index (χ1n) is 6.43. The van der Waals surface area contributed by atoms with Crippen molar-refractivity contribution in [3.05, 3.63) is 52.8 Å². The second-order valence-corrected chi connectivity index (χ2v) is 5.94. The predicted octanol–water partition coefficient (Wildman–Crippen LogP) is 2.83. The van der Waals surface area contributed by atoms with Crippen molar-refractivity contribution >= 4 is 47.3 Å². The van der Waals surface area contributed by atoms with Gasteiger partial charge in [-0.1, -0.05) is 35.5 Å². The van der Waals surface area contributed by atoms with Crippen LogP contribution in [0.3, 0.4) is 0 Å². The molecule has 0 unspecified atom stereocenters. The molecule has 1 aromatic carbocycles. The number of furan rings is 1. The van der Waals surface area contributed by atoms with E-state index in [0.717, 1.165) is 4.90 Å². The average Bonchev–Trinajstić information content (AvgIpc) is 2.93. The van der Waals surface area contributed by atoms with Gasteiger partial charge in [0.15, 0.2) is 5.09 Å². The summed E-state index contributed by atoms with van der Waals surface area (Å²) in [6, 6.07) is 9.77. The van der Waals surface area contributed by atoms with Gasteiger partial charge in [0.25, 0.3) is 11.8 Å². The maximum absolute atomic E-state index is 11.6. The van der Waals surface area contributed by atoms with Crippen LogP contribution in [0.1, 0.15) is 5.76 Å². The van der Waals surface area contributed by atoms with Crippen molar-refractivity contribution in [2.24, 2.45) is 0 Å². The number of imide groups is 2. The zero-order valence-corrected chi connectivity index (χ0v) is 13.0. The third-order valence-electron chi connectivity index (χ3n) is 2.88. The van der Waals surface area contributed by atoms with Crippen molar-refractivity contribution in [1.82, 2.24) is 10.6 Å². The second kappa shape index (κ2) is 6.31. The van der Waals surface area contributed by atoms with Crippen LogP contribution < -0.4 is 10.6 Å². The van der Waals surface area contributed by atoms with E-state index in [0.29, 0.717) is 15.9 Å². The standard InChI is InChI=1S/C15H9ClN2O4S/c16-10-3-1-2-4-11(10)23-12-6-5-8(22-12)7-9-13(19)17-15(21)18-14(9)20/h1-7H,(H2,17,18,19,20,21). The van der Waals surface area contributed by atoms with Crippen LogP contribution in [0.4, 0.5) is 4.79 Å². The number of benzene rings is 1. The zero-order valence-electron chi connectivity index (χ0n) is 11.5.